The van der Waals surface area contributed by atoms with E-state index in [0.29, 0.717) is 41.8 Å². The van der Waals surface area contributed by atoms with Crippen molar-refractivity contribution in [2.45, 2.75) is 13.0 Å². The maximum atomic E-state index is 13.0. The van der Waals surface area contributed by atoms with E-state index in [-0.39, 0.29) is 30.2 Å². The largest absolute Gasteiger partial charge is 0.348 e. The molecular weight excluding hydrogens is 416 g/mol. The normalized spacial score (nSPS) is 15.8. The first kappa shape index (κ1) is 21.6. The first-order valence-electron chi connectivity index (χ1n) is 9.35. The predicted molar refractivity (Wildman–Crippen MR) is 112 cm³/mol. The molecule has 1 N–H and O–H groups in total. The topological polar surface area (TPSA) is 52.7 Å². The van der Waals surface area contributed by atoms with Gasteiger partial charge in [-0.2, -0.15) is 0 Å². The highest BCUT2D eigenvalue weighted by Gasteiger charge is 2.24. The van der Waals surface area contributed by atoms with Crippen molar-refractivity contribution in [2.24, 2.45) is 0 Å². The van der Waals surface area contributed by atoms with Gasteiger partial charge >= 0.3 is 0 Å². The van der Waals surface area contributed by atoms with E-state index in [0.717, 1.165) is 5.56 Å². The molecule has 1 unspecified atom stereocenters. The number of amides is 2. The Morgan fingerprint density at radius 3 is 2.34 bits per heavy atom. The molecule has 0 radical (unpaired) electrons. The van der Waals surface area contributed by atoms with Crippen LogP contribution in [-0.4, -0.2) is 54.3 Å². The SMILES string of the molecule is CC(NC(=O)CN1CCN(C(=O)c2ccc(F)cc2)CC1)c1ccc(Cl)cc1Cl. The van der Waals surface area contributed by atoms with E-state index in [1.807, 2.05) is 11.8 Å². The van der Waals surface area contributed by atoms with E-state index >= 15 is 0 Å². The van der Waals surface area contributed by atoms with Crippen molar-refractivity contribution in [2.75, 3.05) is 32.7 Å². The van der Waals surface area contributed by atoms with Crippen molar-refractivity contribution in [1.29, 1.82) is 0 Å². The number of hydrogen-bond donors (Lipinski definition) is 1. The maximum Gasteiger partial charge on any atom is 0.253 e. The lowest BCUT2D eigenvalue weighted by Gasteiger charge is -2.34. The fraction of sp³-hybridized carbons (Fsp3) is 0.333. The Hall–Kier alpha value is -2.15. The molecule has 1 saturated heterocycles. The Labute approximate surface area is 179 Å². The molecule has 29 heavy (non-hydrogen) atoms. The maximum absolute atomic E-state index is 13.0. The van der Waals surface area contributed by atoms with Crippen LogP contribution >= 0.6 is 23.2 Å². The summed E-state index contributed by atoms with van der Waals surface area (Å²) in [5, 5.41) is 4.00. The lowest BCUT2D eigenvalue weighted by atomic mass is 10.1. The summed E-state index contributed by atoms with van der Waals surface area (Å²) in [5.41, 5.74) is 1.27. The molecule has 0 bridgehead atoms. The fourth-order valence-electron chi connectivity index (χ4n) is 3.30. The number of carbonyl (C=O) groups excluding carboxylic acids is 2. The molecule has 5 nitrogen and oxygen atoms in total. The van der Waals surface area contributed by atoms with Crippen LogP contribution < -0.4 is 5.32 Å². The van der Waals surface area contributed by atoms with Gasteiger partial charge in [0.05, 0.1) is 12.6 Å². The average molecular weight is 438 g/mol. The molecule has 1 atom stereocenters. The van der Waals surface area contributed by atoms with Gasteiger partial charge in [0, 0.05) is 41.8 Å². The molecule has 0 aromatic heterocycles. The van der Waals surface area contributed by atoms with Crippen LogP contribution in [0.1, 0.15) is 28.9 Å². The smallest absolute Gasteiger partial charge is 0.253 e. The lowest BCUT2D eigenvalue weighted by molar-refractivity contribution is -0.123. The van der Waals surface area contributed by atoms with Gasteiger partial charge in [-0.3, -0.25) is 14.5 Å². The molecule has 0 saturated carbocycles. The number of rotatable bonds is 5. The summed E-state index contributed by atoms with van der Waals surface area (Å²) in [6, 6.07) is 10.5. The van der Waals surface area contributed by atoms with Gasteiger partial charge in [-0.05, 0) is 48.9 Å². The first-order chi connectivity index (χ1) is 13.8. The van der Waals surface area contributed by atoms with Gasteiger partial charge in [-0.1, -0.05) is 29.3 Å². The van der Waals surface area contributed by atoms with Gasteiger partial charge < -0.3 is 10.2 Å². The molecule has 2 aromatic rings. The predicted octanol–water partition coefficient (Wildman–Crippen LogP) is 3.77. The van der Waals surface area contributed by atoms with E-state index in [4.69, 9.17) is 23.2 Å². The molecule has 154 valence electrons. The van der Waals surface area contributed by atoms with Gasteiger partial charge in [0.1, 0.15) is 5.82 Å². The van der Waals surface area contributed by atoms with Gasteiger partial charge in [-0.25, -0.2) is 4.39 Å². The van der Waals surface area contributed by atoms with Crippen LogP contribution in [0.15, 0.2) is 42.5 Å². The minimum atomic E-state index is -0.369. The summed E-state index contributed by atoms with van der Waals surface area (Å²) in [7, 11) is 0. The molecule has 2 aromatic carbocycles. The molecule has 8 heteroatoms. The summed E-state index contributed by atoms with van der Waals surface area (Å²) >= 11 is 12.1. The summed E-state index contributed by atoms with van der Waals surface area (Å²) in [5.74, 6) is -0.603. The number of carbonyl (C=O) groups is 2. The quantitative estimate of drug-likeness (QED) is 0.774. The Balaban J connectivity index is 1.48. The molecule has 3 rings (SSSR count). The van der Waals surface area contributed by atoms with E-state index in [2.05, 4.69) is 5.32 Å². The number of hydrogen-bond acceptors (Lipinski definition) is 3. The molecule has 1 aliphatic heterocycles. The van der Waals surface area contributed by atoms with Crippen molar-refractivity contribution in [3.8, 4) is 0 Å². The van der Waals surface area contributed by atoms with Crippen LogP contribution in [0.3, 0.4) is 0 Å². The number of nitrogens with one attached hydrogen (secondary N) is 1. The zero-order chi connectivity index (χ0) is 21.0. The minimum Gasteiger partial charge on any atom is -0.348 e. The van der Waals surface area contributed by atoms with Crippen LogP contribution in [0, 0.1) is 5.82 Å². The van der Waals surface area contributed by atoms with Crippen molar-refractivity contribution < 1.29 is 14.0 Å². The highest BCUT2D eigenvalue weighted by atomic mass is 35.5. The Kier molecular flexibility index (Phi) is 7.11. The van der Waals surface area contributed by atoms with Gasteiger partial charge in [0.15, 0.2) is 0 Å². The van der Waals surface area contributed by atoms with E-state index in [9.17, 15) is 14.0 Å². The third-order valence-electron chi connectivity index (χ3n) is 4.92. The first-order valence-corrected chi connectivity index (χ1v) is 10.1. The van der Waals surface area contributed by atoms with Crippen molar-refractivity contribution in [1.82, 2.24) is 15.1 Å². The Bertz CT molecular complexity index is 884. The van der Waals surface area contributed by atoms with Crippen molar-refractivity contribution in [3.05, 3.63) is 69.5 Å². The molecule has 1 fully saturated rings. The molecule has 0 spiro atoms. The van der Waals surface area contributed by atoms with Crippen LogP contribution in [-0.2, 0) is 4.79 Å². The number of piperazine rings is 1. The monoisotopic (exact) mass is 437 g/mol. The summed E-state index contributed by atoms with van der Waals surface area (Å²) < 4.78 is 13.0. The van der Waals surface area contributed by atoms with Crippen molar-refractivity contribution >= 4 is 35.0 Å². The Morgan fingerprint density at radius 1 is 1.07 bits per heavy atom. The fourth-order valence-corrected chi connectivity index (χ4v) is 3.88. The summed E-state index contributed by atoms with van der Waals surface area (Å²) in [6.45, 7) is 4.33. The zero-order valence-corrected chi connectivity index (χ0v) is 17.5. The second-order valence-corrected chi connectivity index (χ2v) is 7.87. The third-order valence-corrected chi connectivity index (χ3v) is 5.49. The standard InChI is InChI=1S/C21H22Cl2FN3O2/c1-14(18-7-4-16(22)12-19(18)23)25-20(28)13-26-8-10-27(11-9-26)21(29)15-2-5-17(24)6-3-15/h2-7,12,14H,8-11,13H2,1H3,(H,25,28). The number of benzene rings is 2. The summed E-state index contributed by atoms with van der Waals surface area (Å²) in [4.78, 5) is 28.6. The number of nitrogens with zero attached hydrogens (tertiary/aromatic N) is 2. The van der Waals surface area contributed by atoms with E-state index < -0.39 is 0 Å². The molecule has 1 heterocycles. The number of halogens is 3. The third kappa shape index (κ3) is 5.69. The van der Waals surface area contributed by atoms with Crippen LogP contribution in [0.5, 0.6) is 0 Å². The average Bonchev–Trinajstić information content (AvgIpc) is 2.68. The second-order valence-electron chi connectivity index (χ2n) is 7.03. The van der Waals surface area contributed by atoms with Crippen LogP contribution in [0.4, 0.5) is 4.39 Å². The minimum absolute atomic E-state index is 0.109. The zero-order valence-electron chi connectivity index (χ0n) is 16.0. The lowest BCUT2D eigenvalue weighted by Crippen LogP contribution is -2.51. The van der Waals surface area contributed by atoms with Gasteiger partial charge in [-0.15, -0.1) is 0 Å². The van der Waals surface area contributed by atoms with Crippen LogP contribution in [0.25, 0.3) is 0 Å². The molecule has 0 aliphatic carbocycles. The van der Waals surface area contributed by atoms with Crippen LogP contribution in [0.2, 0.25) is 10.0 Å². The van der Waals surface area contributed by atoms with Crippen molar-refractivity contribution in [3.63, 3.8) is 0 Å². The molecule has 2 amide bonds. The summed E-state index contributed by atoms with van der Waals surface area (Å²) in [6.07, 6.45) is 0. The van der Waals surface area contributed by atoms with E-state index in [1.165, 1.54) is 24.3 Å². The second kappa shape index (κ2) is 9.57. The molecule has 1 aliphatic rings. The highest BCUT2D eigenvalue weighted by molar-refractivity contribution is 6.35. The van der Waals surface area contributed by atoms with E-state index in [1.54, 1.807) is 23.1 Å². The molecular formula is C21H22Cl2FN3O2. The van der Waals surface area contributed by atoms with Gasteiger partial charge in [0.2, 0.25) is 5.91 Å². The van der Waals surface area contributed by atoms with Gasteiger partial charge in [0.25, 0.3) is 5.91 Å². The Morgan fingerprint density at radius 2 is 1.72 bits per heavy atom. The highest BCUT2D eigenvalue weighted by Crippen LogP contribution is 2.26.